The van der Waals surface area contributed by atoms with E-state index in [1.54, 1.807) is 19.2 Å². The Morgan fingerprint density at radius 2 is 1.86 bits per heavy atom. The Bertz CT molecular complexity index is 798. The molecule has 8 nitrogen and oxygen atoms in total. The second kappa shape index (κ2) is 12.3. The number of benzene rings is 1. The number of hydrogen-bond donors (Lipinski definition) is 1. The third-order valence-electron chi connectivity index (χ3n) is 4.47. The molecule has 1 saturated heterocycles. The summed E-state index contributed by atoms with van der Waals surface area (Å²) >= 11 is 0. The van der Waals surface area contributed by atoms with Gasteiger partial charge in [-0.05, 0) is 31.5 Å². The fourth-order valence-electron chi connectivity index (χ4n) is 2.91. The Kier molecular flexibility index (Phi) is 10.9. The Labute approximate surface area is 191 Å². The minimum atomic E-state index is -3.30. The number of hydrogen-bond acceptors (Lipinski definition) is 5. The summed E-state index contributed by atoms with van der Waals surface area (Å²) in [6, 6.07) is 9.48. The second-order valence-electron chi connectivity index (χ2n) is 6.83. The summed E-state index contributed by atoms with van der Waals surface area (Å²) in [5.74, 6) is 0.751. The average Bonchev–Trinajstić information content (AvgIpc) is 2.69. The molecule has 1 aliphatic heterocycles. The Balaban J connectivity index is 0.00000420. The first-order chi connectivity index (χ1) is 13.4. The third-order valence-corrected chi connectivity index (χ3v) is 6.30. The molecule has 1 aromatic rings. The summed E-state index contributed by atoms with van der Waals surface area (Å²) in [4.78, 5) is 6.36. The summed E-state index contributed by atoms with van der Waals surface area (Å²) < 4.78 is 31.8. The third kappa shape index (κ3) is 8.08. The Morgan fingerprint density at radius 1 is 1.24 bits per heavy atom. The van der Waals surface area contributed by atoms with Gasteiger partial charge in [0.05, 0.1) is 30.1 Å². The van der Waals surface area contributed by atoms with Crippen molar-refractivity contribution in [1.82, 2.24) is 14.5 Å². The van der Waals surface area contributed by atoms with E-state index in [-0.39, 0.29) is 42.4 Å². The highest BCUT2D eigenvalue weighted by Crippen LogP contribution is 2.10. The van der Waals surface area contributed by atoms with Crippen LogP contribution in [-0.4, -0.2) is 75.3 Å². The predicted octanol–water partition coefficient (Wildman–Crippen LogP) is 1.62. The highest BCUT2D eigenvalue weighted by atomic mass is 127. The van der Waals surface area contributed by atoms with E-state index in [0.717, 1.165) is 11.5 Å². The molecule has 162 valence electrons. The lowest BCUT2D eigenvalue weighted by atomic mass is 10.1. The van der Waals surface area contributed by atoms with E-state index < -0.39 is 10.0 Å². The van der Waals surface area contributed by atoms with Crippen molar-refractivity contribution in [2.75, 3.05) is 45.6 Å². The lowest BCUT2D eigenvalue weighted by Gasteiger charge is -2.35. The number of rotatable bonds is 7. The highest BCUT2D eigenvalue weighted by molar-refractivity contribution is 14.0. The Morgan fingerprint density at radius 3 is 2.38 bits per heavy atom. The number of aliphatic imine (C=N–C) groups is 1. The fraction of sp³-hybridized carbons (Fsp3) is 0.579. The molecule has 0 aliphatic carbocycles. The lowest BCUT2D eigenvalue weighted by Crippen LogP contribution is -2.54. The van der Waals surface area contributed by atoms with E-state index in [9.17, 15) is 8.42 Å². The van der Waals surface area contributed by atoms with Gasteiger partial charge in [0.15, 0.2) is 5.96 Å². The molecule has 2 rings (SSSR count). The first-order valence-corrected chi connectivity index (χ1v) is 11.0. The molecular formula is C19H30IN5O3S. The van der Waals surface area contributed by atoms with Gasteiger partial charge >= 0.3 is 0 Å². The quantitative estimate of drug-likeness (QED) is 0.324. The van der Waals surface area contributed by atoms with Gasteiger partial charge < -0.3 is 15.0 Å². The maximum absolute atomic E-state index is 12.4. The standard InChI is InChI=1S/C19H29N5O3S.HI/c1-16(2)27-12-13-28(25,26)24-10-8-23(9-11-24)19(21-3)22-15-18-6-4-17(14-20)5-7-18;/h4-7,16H,8-13,15H2,1-3H3,(H,21,22);1H. The van der Waals surface area contributed by atoms with Gasteiger partial charge in [0.25, 0.3) is 0 Å². The number of halogens is 1. The SMILES string of the molecule is CN=C(NCc1ccc(C#N)cc1)N1CCN(S(=O)(=O)CCOC(C)C)CC1.I. The van der Waals surface area contributed by atoms with Gasteiger partial charge in [-0.25, -0.2) is 8.42 Å². The van der Waals surface area contributed by atoms with Crippen LogP contribution in [0.15, 0.2) is 29.3 Å². The van der Waals surface area contributed by atoms with Crippen LogP contribution in [0.1, 0.15) is 25.0 Å². The molecule has 0 amide bonds. The van der Waals surface area contributed by atoms with Crippen LogP contribution < -0.4 is 5.32 Å². The molecule has 0 bridgehead atoms. The van der Waals surface area contributed by atoms with Crippen LogP contribution in [0.5, 0.6) is 0 Å². The molecule has 0 aromatic heterocycles. The minimum Gasteiger partial charge on any atom is -0.378 e. The molecule has 0 saturated carbocycles. The average molecular weight is 535 g/mol. The molecule has 0 spiro atoms. The number of sulfonamides is 1. The van der Waals surface area contributed by atoms with Crippen LogP contribution >= 0.6 is 24.0 Å². The minimum absolute atomic E-state index is 0. The molecule has 1 heterocycles. The fourth-order valence-corrected chi connectivity index (χ4v) is 4.19. The van der Waals surface area contributed by atoms with Gasteiger partial charge in [0, 0.05) is 39.8 Å². The zero-order valence-electron chi connectivity index (χ0n) is 17.2. The summed E-state index contributed by atoms with van der Waals surface area (Å²) in [6.07, 6.45) is 0.0255. The molecule has 0 radical (unpaired) electrons. The summed E-state index contributed by atoms with van der Waals surface area (Å²) in [7, 11) is -1.59. The maximum Gasteiger partial charge on any atom is 0.216 e. The van der Waals surface area contributed by atoms with E-state index in [4.69, 9.17) is 10.00 Å². The van der Waals surface area contributed by atoms with E-state index in [1.807, 2.05) is 26.0 Å². The van der Waals surface area contributed by atoms with Crippen LogP contribution in [0.2, 0.25) is 0 Å². The van der Waals surface area contributed by atoms with Crippen molar-refractivity contribution in [3.63, 3.8) is 0 Å². The number of ether oxygens (including phenoxy) is 1. The van der Waals surface area contributed by atoms with Crippen molar-refractivity contribution >= 4 is 40.0 Å². The first-order valence-electron chi connectivity index (χ1n) is 9.40. The second-order valence-corrected chi connectivity index (χ2v) is 8.92. The summed E-state index contributed by atoms with van der Waals surface area (Å²) in [5, 5.41) is 12.2. The van der Waals surface area contributed by atoms with Gasteiger partial charge in [0.2, 0.25) is 10.0 Å². The lowest BCUT2D eigenvalue weighted by molar-refractivity contribution is 0.0904. The number of nitrogens with one attached hydrogen (secondary N) is 1. The van der Waals surface area contributed by atoms with Gasteiger partial charge in [0.1, 0.15) is 0 Å². The van der Waals surface area contributed by atoms with Crippen LogP contribution in [-0.2, 0) is 21.3 Å². The Hall–Kier alpha value is -1.42. The number of piperazine rings is 1. The van der Waals surface area contributed by atoms with Crippen LogP contribution in [0.4, 0.5) is 0 Å². The van der Waals surface area contributed by atoms with Crippen molar-refractivity contribution < 1.29 is 13.2 Å². The van der Waals surface area contributed by atoms with Gasteiger partial charge in [-0.2, -0.15) is 9.57 Å². The number of guanidine groups is 1. The van der Waals surface area contributed by atoms with E-state index in [1.165, 1.54) is 4.31 Å². The molecule has 1 N–H and O–H groups in total. The molecule has 1 aliphatic rings. The largest absolute Gasteiger partial charge is 0.378 e. The molecule has 0 unspecified atom stereocenters. The zero-order valence-corrected chi connectivity index (χ0v) is 20.3. The molecule has 1 aromatic carbocycles. The van der Waals surface area contributed by atoms with Crippen molar-refractivity contribution in [3.05, 3.63) is 35.4 Å². The molecule has 29 heavy (non-hydrogen) atoms. The normalized spacial score (nSPS) is 15.7. The summed E-state index contributed by atoms with van der Waals surface area (Å²) in [5.41, 5.74) is 1.68. The monoisotopic (exact) mass is 535 g/mol. The van der Waals surface area contributed by atoms with E-state index in [0.29, 0.717) is 38.3 Å². The number of nitriles is 1. The summed E-state index contributed by atoms with van der Waals surface area (Å²) in [6.45, 7) is 6.61. The van der Waals surface area contributed by atoms with Gasteiger partial charge in [-0.15, -0.1) is 24.0 Å². The van der Waals surface area contributed by atoms with Gasteiger partial charge in [-0.1, -0.05) is 12.1 Å². The molecule has 10 heteroatoms. The highest BCUT2D eigenvalue weighted by Gasteiger charge is 2.27. The molecule has 0 atom stereocenters. The van der Waals surface area contributed by atoms with Crippen LogP contribution in [0.25, 0.3) is 0 Å². The van der Waals surface area contributed by atoms with Crippen molar-refractivity contribution in [2.24, 2.45) is 4.99 Å². The predicted molar refractivity (Wildman–Crippen MR) is 125 cm³/mol. The van der Waals surface area contributed by atoms with Crippen molar-refractivity contribution in [2.45, 2.75) is 26.5 Å². The van der Waals surface area contributed by atoms with Crippen molar-refractivity contribution in [3.8, 4) is 6.07 Å². The van der Waals surface area contributed by atoms with Crippen LogP contribution in [0.3, 0.4) is 0 Å². The van der Waals surface area contributed by atoms with Crippen molar-refractivity contribution in [1.29, 1.82) is 5.26 Å². The molecule has 1 fully saturated rings. The van der Waals surface area contributed by atoms with E-state index in [2.05, 4.69) is 21.3 Å². The zero-order chi connectivity index (χ0) is 20.6. The first kappa shape index (κ1) is 25.6. The molecular weight excluding hydrogens is 505 g/mol. The van der Waals surface area contributed by atoms with E-state index >= 15 is 0 Å². The van der Waals surface area contributed by atoms with Crippen LogP contribution in [0, 0.1) is 11.3 Å². The smallest absolute Gasteiger partial charge is 0.216 e. The topological polar surface area (TPSA) is 98.0 Å². The maximum atomic E-state index is 12.4. The van der Waals surface area contributed by atoms with Gasteiger partial charge in [-0.3, -0.25) is 4.99 Å². The number of nitrogens with zero attached hydrogens (tertiary/aromatic N) is 4.